The van der Waals surface area contributed by atoms with Crippen molar-refractivity contribution in [1.82, 2.24) is 9.80 Å². The van der Waals surface area contributed by atoms with Crippen LogP contribution in [0.5, 0.6) is 0 Å². The van der Waals surface area contributed by atoms with Gasteiger partial charge in [-0.25, -0.2) is 4.79 Å². The first kappa shape index (κ1) is 10.7. The molecule has 3 aliphatic rings. The Hall–Kier alpha value is -1.45. The van der Waals surface area contributed by atoms with Crippen molar-refractivity contribution in [2.45, 2.75) is 43.8 Å². The van der Waals surface area contributed by atoms with Gasteiger partial charge in [0.05, 0.1) is 0 Å². The van der Waals surface area contributed by atoms with Gasteiger partial charge >= 0.3 is 6.09 Å². The zero-order chi connectivity index (χ0) is 11.9. The van der Waals surface area contributed by atoms with Crippen LogP contribution in [0.4, 0.5) is 4.79 Å². The molecular weight excluding hydrogens is 216 g/mol. The third-order valence-electron chi connectivity index (χ3n) is 4.36. The fourth-order valence-corrected chi connectivity index (χ4v) is 3.66. The average molecular weight is 234 g/mol. The Labute approximate surface area is 101 Å². The minimum Gasteiger partial charge on any atom is -0.465 e. The molecule has 0 radical (unpaired) electrons. The summed E-state index contributed by atoms with van der Waals surface area (Å²) in [5, 5.41) is 9.47. The molecule has 0 saturated carbocycles. The summed E-state index contributed by atoms with van der Waals surface area (Å²) in [5.41, 5.74) is -0.268. The average Bonchev–Trinajstić information content (AvgIpc) is 2.59. The molecule has 3 aliphatic heterocycles. The monoisotopic (exact) mass is 234 g/mol. The highest BCUT2D eigenvalue weighted by Crippen LogP contribution is 2.46. The summed E-state index contributed by atoms with van der Waals surface area (Å²) in [6, 6.07) is 0.237. The van der Waals surface area contributed by atoms with Gasteiger partial charge < -0.3 is 10.0 Å². The number of hydrogen-bond acceptors (Lipinski definition) is 2. The van der Waals surface area contributed by atoms with Crippen LogP contribution in [0.25, 0.3) is 0 Å². The van der Waals surface area contributed by atoms with Crippen LogP contribution < -0.4 is 0 Å². The van der Waals surface area contributed by atoms with E-state index in [0.717, 1.165) is 38.6 Å². The molecule has 3 heterocycles. The molecule has 1 N–H and O–H groups in total. The molecule has 0 aliphatic carbocycles. The van der Waals surface area contributed by atoms with Crippen LogP contribution in [-0.4, -0.2) is 39.2 Å². The molecule has 2 fully saturated rings. The Morgan fingerprint density at radius 1 is 1.29 bits per heavy atom. The molecule has 2 bridgehead atoms. The minimum atomic E-state index is -0.754. The second kappa shape index (κ2) is 3.79. The van der Waals surface area contributed by atoms with Crippen molar-refractivity contribution in [3.05, 3.63) is 24.4 Å². The molecule has 92 valence electrons. The van der Waals surface area contributed by atoms with E-state index in [-0.39, 0.29) is 11.7 Å². The van der Waals surface area contributed by atoms with E-state index in [1.807, 2.05) is 18.4 Å². The molecule has 4 nitrogen and oxygen atoms in total. The highest BCUT2D eigenvalue weighted by Gasteiger charge is 2.53. The smallest absolute Gasteiger partial charge is 0.409 e. The van der Waals surface area contributed by atoms with E-state index in [0.29, 0.717) is 0 Å². The molecule has 4 heteroatoms. The Morgan fingerprint density at radius 2 is 2.18 bits per heavy atom. The van der Waals surface area contributed by atoms with E-state index in [1.54, 1.807) is 4.90 Å². The highest BCUT2D eigenvalue weighted by molar-refractivity contribution is 5.67. The van der Waals surface area contributed by atoms with Crippen LogP contribution in [-0.2, 0) is 0 Å². The van der Waals surface area contributed by atoms with E-state index < -0.39 is 6.09 Å². The van der Waals surface area contributed by atoms with Crippen molar-refractivity contribution < 1.29 is 9.90 Å². The first-order valence-electron chi connectivity index (χ1n) is 6.36. The lowest BCUT2D eigenvalue weighted by Gasteiger charge is -2.49. The predicted octanol–water partition coefficient (Wildman–Crippen LogP) is 2.39. The number of carboxylic acid groups (broad SMARTS) is 1. The van der Waals surface area contributed by atoms with E-state index in [4.69, 9.17) is 0 Å². The van der Waals surface area contributed by atoms with E-state index in [1.165, 1.54) is 0 Å². The third-order valence-corrected chi connectivity index (χ3v) is 4.36. The van der Waals surface area contributed by atoms with Crippen molar-refractivity contribution in [2.24, 2.45) is 0 Å². The summed E-state index contributed by atoms with van der Waals surface area (Å²) in [6.07, 6.45) is 12.5. The maximum Gasteiger partial charge on any atom is 0.409 e. The number of allylic oxidation sites excluding steroid dienone is 2. The lowest BCUT2D eigenvalue weighted by molar-refractivity contribution is -0.0291. The minimum absolute atomic E-state index is 0.237. The summed E-state index contributed by atoms with van der Waals surface area (Å²) in [5.74, 6) is 0. The summed E-state index contributed by atoms with van der Waals surface area (Å²) < 4.78 is 0. The third kappa shape index (κ3) is 1.47. The molecular formula is C13H18N2O2. The second-order valence-corrected chi connectivity index (χ2v) is 5.14. The van der Waals surface area contributed by atoms with Gasteiger partial charge in [0.25, 0.3) is 0 Å². The molecule has 0 aromatic heterocycles. The fraction of sp³-hybridized carbons (Fsp3) is 0.615. The number of rotatable bonds is 1. The SMILES string of the molecule is O=C(O)N1C2CCCC1(N1C=CC=CC1)CC2. The van der Waals surface area contributed by atoms with Gasteiger partial charge in [0.15, 0.2) is 0 Å². The van der Waals surface area contributed by atoms with Crippen molar-refractivity contribution in [3.63, 3.8) is 0 Å². The summed E-state index contributed by atoms with van der Waals surface area (Å²) in [6.45, 7) is 0.826. The molecule has 17 heavy (non-hydrogen) atoms. The molecule has 3 rings (SSSR count). The van der Waals surface area contributed by atoms with Crippen LogP contribution in [0.3, 0.4) is 0 Å². The number of hydrogen-bond donors (Lipinski definition) is 1. The first-order valence-corrected chi connectivity index (χ1v) is 6.36. The van der Waals surface area contributed by atoms with Gasteiger partial charge in [-0.15, -0.1) is 0 Å². The number of amides is 1. The molecule has 1 amide bonds. The van der Waals surface area contributed by atoms with E-state index in [9.17, 15) is 9.90 Å². The van der Waals surface area contributed by atoms with Crippen molar-refractivity contribution in [2.75, 3.05) is 6.54 Å². The molecule has 2 atom stereocenters. The molecule has 0 spiro atoms. The Kier molecular flexibility index (Phi) is 2.38. The maximum atomic E-state index is 11.5. The van der Waals surface area contributed by atoms with E-state index in [2.05, 4.69) is 11.0 Å². The van der Waals surface area contributed by atoms with Crippen LogP contribution in [0.2, 0.25) is 0 Å². The number of fused-ring (bicyclic) bond motifs is 2. The van der Waals surface area contributed by atoms with Gasteiger partial charge in [0.1, 0.15) is 5.66 Å². The number of piperidine rings is 1. The van der Waals surface area contributed by atoms with Crippen molar-refractivity contribution >= 4 is 6.09 Å². The second-order valence-electron chi connectivity index (χ2n) is 5.14. The van der Waals surface area contributed by atoms with Crippen LogP contribution >= 0.6 is 0 Å². The number of carbonyl (C=O) groups is 1. The van der Waals surface area contributed by atoms with Crippen molar-refractivity contribution in [1.29, 1.82) is 0 Å². The summed E-state index contributed by atoms with van der Waals surface area (Å²) in [4.78, 5) is 15.5. The van der Waals surface area contributed by atoms with Crippen molar-refractivity contribution in [3.8, 4) is 0 Å². The van der Waals surface area contributed by atoms with Crippen LogP contribution in [0, 0.1) is 0 Å². The summed E-state index contributed by atoms with van der Waals surface area (Å²) >= 11 is 0. The molecule has 2 saturated heterocycles. The van der Waals surface area contributed by atoms with E-state index >= 15 is 0 Å². The fourth-order valence-electron chi connectivity index (χ4n) is 3.66. The predicted molar refractivity (Wildman–Crippen MR) is 64.5 cm³/mol. The van der Waals surface area contributed by atoms with Gasteiger partial charge in [0.2, 0.25) is 0 Å². The topological polar surface area (TPSA) is 43.8 Å². The normalized spacial score (nSPS) is 35.4. The zero-order valence-corrected chi connectivity index (χ0v) is 9.88. The van der Waals surface area contributed by atoms with Gasteiger partial charge in [-0.05, 0) is 38.2 Å². The Morgan fingerprint density at radius 3 is 2.88 bits per heavy atom. The van der Waals surface area contributed by atoms with Gasteiger partial charge in [-0.1, -0.05) is 12.2 Å². The van der Waals surface area contributed by atoms with Gasteiger partial charge in [-0.2, -0.15) is 0 Å². The summed E-state index contributed by atoms with van der Waals surface area (Å²) in [7, 11) is 0. The maximum absolute atomic E-state index is 11.5. The number of nitrogens with zero attached hydrogens (tertiary/aromatic N) is 2. The Bertz CT molecular complexity index is 387. The molecule has 0 aromatic rings. The molecule has 0 aromatic carbocycles. The quantitative estimate of drug-likeness (QED) is 0.757. The largest absolute Gasteiger partial charge is 0.465 e. The standard InChI is InChI=1S/C13H18N2O2/c16-12(17)15-11-5-4-7-13(15,8-6-11)14-9-2-1-3-10-14/h1-3,9,11H,4-8,10H2,(H,16,17). The first-order chi connectivity index (χ1) is 8.24. The molecule has 2 unspecified atom stereocenters. The zero-order valence-electron chi connectivity index (χ0n) is 9.88. The van der Waals surface area contributed by atoms with Crippen LogP contribution in [0.15, 0.2) is 24.4 Å². The lowest BCUT2D eigenvalue weighted by atomic mass is 9.95. The lowest BCUT2D eigenvalue weighted by Crippen LogP contribution is -2.61. The Balaban J connectivity index is 1.95. The van der Waals surface area contributed by atoms with Crippen LogP contribution in [0.1, 0.15) is 32.1 Å². The van der Waals surface area contributed by atoms with Gasteiger partial charge in [0, 0.05) is 18.8 Å². The highest BCUT2D eigenvalue weighted by atomic mass is 16.4. The van der Waals surface area contributed by atoms with Gasteiger partial charge in [-0.3, -0.25) is 4.90 Å².